The Hall–Kier alpha value is -3.60. The van der Waals surface area contributed by atoms with E-state index in [1.807, 2.05) is 0 Å². The molecule has 1 aliphatic carbocycles. The summed E-state index contributed by atoms with van der Waals surface area (Å²) in [6.07, 6.45) is 3.06. The van der Waals surface area contributed by atoms with E-state index in [-0.39, 0.29) is 35.8 Å². The third-order valence-corrected chi connectivity index (χ3v) is 6.37. The van der Waals surface area contributed by atoms with Crippen molar-refractivity contribution in [2.75, 3.05) is 5.32 Å². The largest absolute Gasteiger partial charge is 0.483 e. The summed E-state index contributed by atoms with van der Waals surface area (Å²) < 4.78 is 45.6. The molecular formula is C24H23F3N4O3S. The van der Waals surface area contributed by atoms with Crippen molar-refractivity contribution in [3.63, 3.8) is 0 Å². The molecule has 2 atom stereocenters. The van der Waals surface area contributed by atoms with E-state index in [2.05, 4.69) is 20.9 Å². The molecule has 35 heavy (non-hydrogen) atoms. The summed E-state index contributed by atoms with van der Waals surface area (Å²) in [4.78, 5) is 29.4. The Morgan fingerprint density at radius 2 is 1.71 bits per heavy atom. The van der Waals surface area contributed by atoms with Gasteiger partial charge in [-0.25, -0.2) is 22.9 Å². The van der Waals surface area contributed by atoms with Gasteiger partial charge in [0.15, 0.2) is 23.2 Å². The Morgan fingerprint density at radius 3 is 2.46 bits per heavy atom. The molecule has 2 aromatic carbocycles. The summed E-state index contributed by atoms with van der Waals surface area (Å²) in [6.45, 7) is 0.0244. The molecule has 1 aromatic heterocycles. The number of amides is 3. The molecule has 0 spiro atoms. The van der Waals surface area contributed by atoms with Crippen molar-refractivity contribution in [1.82, 2.24) is 15.6 Å². The minimum atomic E-state index is -1.06. The smallest absolute Gasteiger partial charge is 0.319 e. The predicted molar refractivity (Wildman–Crippen MR) is 125 cm³/mol. The van der Waals surface area contributed by atoms with Crippen LogP contribution in [0.15, 0.2) is 47.8 Å². The molecule has 184 valence electrons. The number of aromatic nitrogens is 1. The van der Waals surface area contributed by atoms with Gasteiger partial charge in [-0.05, 0) is 37.1 Å². The monoisotopic (exact) mass is 504 g/mol. The molecule has 0 radical (unpaired) electrons. The van der Waals surface area contributed by atoms with Crippen LogP contribution in [0.5, 0.6) is 5.75 Å². The number of carbonyl (C=O) groups excluding carboxylic acids is 2. The number of hydrogen-bond acceptors (Lipinski definition) is 5. The Balaban J connectivity index is 1.32. The first-order chi connectivity index (χ1) is 16.9. The number of rotatable bonds is 7. The lowest BCUT2D eigenvalue weighted by atomic mass is 9.90. The van der Waals surface area contributed by atoms with Crippen molar-refractivity contribution < 1.29 is 27.5 Å². The van der Waals surface area contributed by atoms with E-state index in [1.54, 1.807) is 17.5 Å². The van der Waals surface area contributed by atoms with E-state index in [4.69, 9.17) is 4.74 Å². The number of anilines is 1. The standard InChI is InChI=1S/C24H23F3N4O3S/c25-15-10-9-14(11-17(15)27)28-24(33)31-19-7-3-2-6-18(19)30-23(32)20-13-35-22(29-20)12-34-21-8-4-1-5-16(21)26/h1,4-5,8-11,13,18-19H,2-3,6-7,12H2,(H,30,32)(H2,28,31,33). The Morgan fingerprint density at radius 1 is 0.971 bits per heavy atom. The third kappa shape index (κ3) is 6.50. The van der Waals surface area contributed by atoms with Crippen LogP contribution in [0.1, 0.15) is 41.2 Å². The second kappa shape index (κ2) is 11.2. The fourth-order valence-corrected chi connectivity index (χ4v) is 4.50. The third-order valence-electron chi connectivity index (χ3n) is 5.55. The van der Waals surface area contributed by atoms with Gasteiger partial charge < -0.3 is 20.7 Å². The first-order valence-corrected chi connectivity index (χ1v) is 11.9. The topological polar surface area (TPSA) is 92.4 Å². The van der Waals surface area contributed by atoms with Crippen LogP contribution in [0.2, 0.25) is 0 Å². The number of carbonyl (C=O) groups is 2. The molecule has 1 fully saturated rings. The second-order valence-electron chi connectivity index (χ2n) is 8.04. The van der Waals surface area contributed by atoms with Crippen molar-refractivity contribution in [1.29, 1.82) is 0 Å². The average molecular weight is 505 g/mol. The maximum atomic E-state index is 13.7. The van der Waals surface area contributed by atoms with Crippen LogP contribution in [-0.4, -0.2) is 29.0 Å². The number of para-hydroxylation sites is 1. The first-order valence-electron chi connectivity index (χ1n) is 11.0. The minimum Gasteiger partial charge on any atom is -0.483 e. The van der Waals surface area contributed by atoms with Crippen molar-refractivity contribution in [2.45, 2.75) is 44.4 Å². The number of nitrogens with zero attached hydrogens (tertiary/aromatic N) is 1. The highest BCUT2D eigenvalue weighted by molar-refractivity contribution is 7.09. The van der Waals surface area contributed by atoms with Crippen molar-refractivity contribution >= 4 is 29.0 Å². The van der Waals surface area contributed by atoms with E-state index in [0.29, 0.717) is 17.8 Å². The number of halogens is 3. The Bertz CT molecular complexity index is 1210. The maximum absolute atomic E-state index is 13.7. The van der Waals surface area contributed by atoms with Gasteiger partial charge in [0.25, 0.3) is 5.91 Å². The molecule has 4 rings (SSSR count). The number of benzene rings is 2. The molecule has 7 nitrogen and oxygen atoms in total. The van der Waals surface area contributed by atoms with Gasteiger partial charge in [0.2, 0.25) is 0 Å². The number of thiazole rings is 1. The minimum absolute atomic E-state index is 0.0244. The predicted octanol–water partition coefficient (Wildman–Crippen LogP) is 5.00. The first kappa shape index (κ1) is 24.5. The van der Waals surface area contributed by atoms with Gasteiger partial charge in [0.1, 0.15) is 17.3 Å². The van der Waals surface area contributed by atoms with Gasteiger partial charge in [-0.3, -0.25) is 4.79 Å². The van der Waals surface area contributed by atoms with Crippen molar-refractivity contribution in [3.05, 3.63) is 76.0 Å². The quantitative estimate of drug-likeness (QED) is 0.422. The number of ether oxygens (including phenoxy) is 1. The summed E-state index contributed by atoms with van der Waals surface area (Å²) in [5.41, 5.74) is 0.322. The molecular weight excluding hydrogens is 481 g/mol. The molecule has 0 bridgehead atoms. The summed E-state index contributed by atoms with van der Waals surface area (Å²) in [7, 11) is 0. The zero-order valence-electron chi connectivity index (χ0n) is 18.5. The van der Waals surface area contributed by atoms with Crippen LogP contribution in [0.25, 0.3) is 0 Å². The van der Waals surface area contributed by atoms with Crippen LogP contribution >= 0.6 is 11.3 Å². The lowest BCUT2D eigenvalue weighted by molar-refractivity contribution is 0.0911. The molecule has 3 aromatic rings. The van der Waals surface area contributed by atoms with Crippen molar-refractivity contribution in [2.24, 2.45) is 0 Å². The zero-order chi connectivity index (χ0) is 24.8. The Kier molecular flexibility index (Phi) is 7.86. The van der Waals surface area contributed by atoms with Crippen LogP contribution < -0.4 is 20.7 Å². The molecule has 2 unspecified atom stereocenters. The molecule has 0 aliphatic heterocycles. The molecule has 0 saturated heterocycles. The van der Waals surface area contributed by atoms with E-state index in [9.17, 15) is 22.8 Å². The molecule has 11 heteroatoms. The lowest BCUT2D eigenvalue weighted by Gasteiger charge is -2.32. The van der Waals surface area contributed by atoms with Gasteiger partial charge in [-0.15, -0.1) is 11.3 Å². The summed E-state index contributed by atoms with van der Waals surface area (Å²) in [6, 6.07) is 7.85. The molecule has 1 heterocycles. The van der Waals surface area contributed by atoms with Gasteiger partial charge >= 0.3 is 6.03 Å². The fraction of sp³-hybridized carbons (Fsp3) is 0.292. The van der Waals surface area contributed by atoms with Gasteiger partial charge in [-0.2, -0.15) is 0 Å². The van der Waals surface area contributed by atoms with Crippen LogP contribution in [0.3, 0.4) is 0 Å². The van der Waals surface area contributed by atoms with E-state index < -0.39 is 29.4 Å². The number of urea groups is 1. The highest BCUT2D eigenvalue weighted by Crippen LogP contribution is 2.21. The van der Waals surface area contributed by atoms with Crippen LogP contribution in [-0.2, 0) is 6.61 Å². The van der Waals surface area contributed by atoms with Crippen LogP contribution in [0.4, 0.5) is 23.7 Å². The lowest BCUT2D eigenvalue weighted by Crippen LogP contribution is -2.54. The Labute approximate surface area is 203 Å². The fourth-order valence-electron chi connectivity index (χ4n) is 3.81. The number of hydrogen-bond donors (Lipinski definition) is 3. The second-order valence-corrected chi connectivity index (χ2v) is 8.99. The highest BCUT2D eigenvalue weighted by Gasteiger charge is 2.29. The molecule has 3 amide bonds. The number of nitrogens with one attached hydrogen (secondary N) is 3. The molecule has 1 aliphatic rings. The van der Waals surface area contributed by atoms with Crippen LogP contribution in [0, 0.1) is 17.5 Å². The van der Waals surface area contributed by atoms with Gasteiger partial charge in [-0.1, -0.05) is 25.0 Å². The molecule has 1 saturated carbocycles. The van der Waals surface area contributed by atoms with Crippen molar-refractivity contribution in [3.8, 4) is 5.75 Å². The average Bonchev–Trinajstić information content (AvgIpc) is 3.31. The van der Waals surface area contributed by atoms with Gasteiger partial charge in [0.05, 0.1) is 6.04 Å². The van der Waals surface area contributed by atoms with Gasteiger partial charge in [0, 0.05) is 23.2 Å². The summed E-state index contributed by atoms with van der Waals surface area (Å²) in [5, 5.41) is 10.3. The van der Waals surface area contributed by atoms with E-state index in [0.717, 1.165) is 25.0 Å². The summed E-state index contributed by atoms with van der Waals surface area (Å²) in [5.74, 6) is -2.83. The maximum Gasteiger partial charge on any atom is 0.319 e. The zero-order valence-corrected chi connectivity index (χ0v) is 19.3. The SMILES string of the molecule is O=C(Nc1ccc(F)c(F)c1)NC1CCCCC1NC(=O)c1csc(COc2ccccc2F)n1. The van der Waals surface area contributed by atoms with E-state index >= 15 is 0 Å². The summed E-state index contributed by atoms with van der Waals surface area (Å²) >= 11 is 1.22. The normalized spacial score (nSPS) is 17.5. The highest BCUT2D eigenvalue weighted by atomic mass is 32.1. The molecule has 3 N–H and O–H groups in total. The van der Waals surface area contributed by atoms with E-state index in [1.165, 1.54) is 29.5 Å².